The topological polar surface area (TPSA) is 38.5 Å². The highest BCUT2D eigenvalue weighted by molar-refractivity contribution is 7.80. The number of benzene rings is 1. The summed E-state index contributed by atoms with van der Waals surface area (Å²) in [4.78, 5) is 2.85. The smallest absolute Gasteiger partial charge is 0.120 e. The minimum atomic E-state index is 0.453. The summed E-state index contributed by atoms with van der Waals surface area (Å²) < 4.78 is 5.33. The molecule has 0 radical (unpaired) electrons. The molecular formula is C15H22N2OS. The molecule has 0 heterocycles. The summed E-state index contributed by atoms with van der Waals surface area (Å²) in [5.41, 5.74) is 7.91. The summed E-state index contributed by atoms with van der Waals surface area (Å²) in [7, 11) is 1.69. The van der Waals surface area contributed by atoms with Crippen LogP contribution in [0.25, 0.3) is 0 Å². The Kier molecular flexibility index (Phi) is 4.64. The average molecular weight is 278 g/mol. The molecule has 0 amide bonds. The molecule has 1 aliphatic rings. The third-order valence-corrected chi connectivity index (χ3v) is 3.70. The maximum atomic E-state index is 5.85. The van der Waals surface area contributed by atoms with Crippen LogP contribution in [-0.2, 0) is 0 Å². The van der Waals surface area contributed by atoms with Crippen molar-refractivity contribution in [1.29, 1.82) is 0 Å². The van der Waals surface area contributed by atoms with E-state index in [1.54, 1.807) is 7.11 Å². The van der Waals surface area contributed by atoms with Gasteiger partial charge in [0.2, 0.25) is 0 Å². The quantitative estimate of drug-likeness (QED) is 0.778. The van der Waals surface area contributed by atoms with Gasteiger partial charge in [0.15, 0.2) is 0 Å². The highest BCUT2D eigenvalue weighted by atomic mass is 32.1. The zero-order valence-electron chi connectivity index (χ0n) is 11.7. The summed E-state index contributed by atoms with van der Waals surface area (Å²) in [6.07, 6.45) is 3.79. The summed E-state index contributed by atoms with van der Waals surface area (Å²) in [5, 5.41) is 0. The normalized spacial score (nSPS) is 14.2. The van der Waals surface area contributed by atoms with Crippen LogP contribution in [0.3, 0.4) is 0 Å². The molecule has 0 aliphatic heterocycles. The van der Waals surface area contributed by atoms with Crippen molar-refractivity contribution in [2.24, 2.45) is 11.7 Å². The Hall–Kier alpha value is -1.29. The van der Waals surface area contributed by atoms with Gasteiger partial charge in [-0.15, -0.1) is 0 Å². The minimum absolute atomic E-state index is 0.453. The lowest BCUT2D eigenvalue weighted by molar-refractivity contribution is 0.414. The van der Waals surface area contributed by atoms with E-state index in [1.807, 2.05) is 18.2 Å². The monoisotopic (exact) mass is 278 g/mol. The second kappa shape index (κ2) is 6.24. The van der Waals surface area contributed by atoms with Gasteiger partial charge >= 0.3 is 0 Å². The third kappa shape index (κ3) is 3.60. The van der Waals surface area contributed by atoms with Crippen molar-refractivity contribution in [2.75, 3.05) is 25.1 Å². The number of nitrogens with zero attached hydrogens (tertiary/aromatic N) is 1. The number of thiocarbonyl (C=S) groups is 1. The van der Waals surface area contributed by atoms with Crippen LogP contribution in [0.1, 0.15) is 31.7 Å². The van der Waals surface area contributed by atoms with Gasteiger partial charge in [-0.2, -0.15) is 0 Å². The van der Waals surface area contributed by atoms with Gasteiger partial charge in [-0.1, -0.05) is 19.1 Å². The largest absolute Gasteiger partial charge is 0.497 e. The molecule has 19 heavy (non-hydrogen) atoms. The summed E-state index contributed by atoms with van der Waals surface area (Å²) in [6.45, 7) is 4.32. The van der Waals surface area contributed by atoms with E-state index >= 15 is 0 Å². The zero-order valence-corrected chi connectivity index (χ0v) is 12.5. The fourth-order valence-electron chi connectivity index (χ4n) is 2.30. The van der Waals surface area contributed by atoms with Crippen LogP contribution in [0.5, 0.6) is 5.75 Å². The molecule has 0 saturated heterocycles. The molecule has 3 nitrogen and oxygen atoms in total. The number of rotatable bonds is 7. The molecule has 104 valence electrons. The number of hydrogen-bond acceptors (Lipinski definition) is 3. The first-order valence-corrected chi connectivity index (χ1v) is 7.29. The van der Waals surface area contributed by atoms with Crippen LogP contribution >= 0.6 is 12.2 Å². The first-order chi connectivity index (χ1) is 9.15. The van der Waals surface area contributed by atoms with Crippen molar-refractivity contribution in [3.63, 3.8) is 0 Å². The Morgan fingerprint density at radius 3 is 2.74 bits per heavy atom. The van der Waals surface area contributed by atoms with Gasteiger partial charge in [0, 0.05) is 24.7 Å². The molecule has 0 unspecified atom stereocenters. The van der Waals surface area contributed by atoms with Crippen molar-refractivity contribution in [3.8, 4) is 5.75 Å². The first kappa shape index (κ1) is 14.1. The predicted octanol–water partition coefficient (Wildman–Crippen LogP) is 2.96. The molecule has 1 saturated carbocycles. The van der Waals surface area contributed by atoms with E-state index in [2.05, 4.69) is 11.8 Å². The van der Waals surface area contributed by atoms with Gasteiger partial charge in [-0.3, -0.25) is 0 Å². The second-order valence-electron chi connectivity index (χ2n) is 5.14. The maximum absolute atomic E-state index is 5.85. The van der Waals surface area contributed by atoms with Crippen molar-refractivity contribution >= 4 is 22.9 Å². The molecular weight excluding hydrogens is 256 g/mol. The van der Waals surface area contributed by atoms with Crippen molar-refractivity contribution in [3.05, 3.63) is 23.8 Å². The Balaban J connectivity index is 2.32. The van der Waals surface area contributed by atoms with Crippen molar-refractivity contribution < 1.29 is 4.74 Å². The molecule has 1 aromatic rings. The fraction of sp³-hybridized carbons (Fsp3) is 0.533. The first-order valence-electron chi connectivity index (χ1n) is 6.88. The third-order valence-electron chi connectivity index (χ3n) is 3.48. The Morgan fingerprint density at radius 2 is 2.21 bits per heavy atom. The van der Waals surface area contributed by atoms with Crippen LogP contribution in [0, 0.1) is 5.92 Å². The van der Waals surface area contributed by atoms with Crippen molar-refractivity contribution in [1.82, 2.24) is 0 Å². The molecule has 2 rings (SSSR count). The van der Waals surface area contributed by atoms with E-state index in [0.29, 0.717) is 4.99 Å². The number of nitrogens with two attached hydrogens (primary N) is 1. The van der Waals surface area contributed by atoms with E-state index in [0.717, 1.165) is 42.4 Å². The Morgan fingerprint density at radius 1 is 1.47 bits per heavy atom. The van der Waals surface area contributed by atoms with Crippen LogP contribution in [0.2, 0.25) is 0 Å². The van der Waals surface area contributed by atoms with Gasteiger partial charge in [-0.25, -0.2) is 0 Å². The van der Waals surface area contributed by atoms with Gasteiger partial charge in [0.1, 0.15) is 10.7 Å². The van der Waals surface area contributed by atoms with E-state index in [9.17, 15) is 0 Å². The Bertz CT molecular complexity index is 457. The van der Waals surface area contributed by atoms with E-state index in [1.165, 1.54) is 12.8 Å². The predicted molar refractivity (Wildman–Crippen MR) is 84.1 cm³/mol. The van der Waals surface area contributed by atoms with E-state index in [-0.39, 0.29) is 0 Å². The standard InChI is InChI=1S/C15H22N2OS/c1-3-8-17(10-11-4-5-11)14-9-12(18-2)6-7-13(14)15(16)19/h6-7,9,11H,3-5,8,10H2,1-2H3,(H2,16,19). The van der Waals surface area contributed by atoms with Crippen LogP contribution in [0.15, 0.2) is 18.2 Å². The maximum Gasteiger partial charge on any atom is 0.120 e. The molecule has 1 aromatic carbocycles. The lowest BCUT2D eigenvalue weighted by Crippen LogP contribution is -2.29. The minimum Gasteiger partial charge on any atom is -0.497 e. The summed E-state index contributed by atoms with van der Waals surface area (Å²) >= 11 is 5.17. The number of hydrogen-bond donors (Lipinski definition) is 1. The van der Waals surface area contributed by atoms with Crippen LogP contribution in [0.4, 0.5) is 5.69 Å². The molecule has 0 bridgehead atoms. The van der Waals surface area contributed by atoms with Gasteiger partial charge in [-0.05, 0) is 37.3 Å². The van der Waals surface area contributed by atoms with E-state index in [4.69, 9.17) is 22.7 Å². The number of ether oxygens (including phenoxy) is 1. The molecule has 1 aliphatic carbocycles. The van der Waals surface area contributed by atoms with Gasteiger partial charge < -0.3 is 15.4 Å². The SMILES string of the molecule is CCCN(CC1CC1)c1cc(OC)ccc1C(N)=S. The van der Waals surface area contributed by atoms with Crippen LogP contribution < -0.4 is 15.4 Å². The highest BCUT2D eigenvalue weighted by Gasteiger charge is 2.25. The number of anilines is 1. The zero-order chi connectivity index (χ0) is 13.8. The van der Waals surface area contributed by atoms with Gasteiger partial charge in [0.05, 0.1) is 12.8 Å². The summed E-state index contributed by atoms with van der Waals surface area (Å²) in [5.74, 6) is 1.68. The van der Waals surface area contributed by atoms with Gasteiger partial charge in [0.25, 0.3) is 0 Å². The second-order valence-corrected chi connectivity index (χ2v) is 5.58. The van der Waals surface area contributed by atoms with E-state index < -0.39 is 0 Å². The highest BCUT2D eigenvalue weighted by Crippen LogP contribution is 2.34. The molecule has 1 fully saturated rings. The molecule has 0 aromatic heterocycles. The van der Waals surface area contributed by atoms with Crippen molar-refractivity contribution in [2.45, 2.75) is 26.2 Å². The molecule has 2 N–H and O–H groups in total. The molecule has 0 spiro atoms. The number of methoxy groups -OCH3 is 1. The fourth-order valence-corrected chi connectivity index (χ4v) is 2.47. The lowest BCUT2D eigenvalue weighted by atomic mass is 10.1. The lowest BCUT2D eigenvalue weighted by Gasteiger charge is -2.27. The summed E-state index contributed by atoms with van der Waals surface area (Å²) in [6, 6.07) is 5.93. The average Bonchev–Trinajstić information content (AvgIpc) is 3.21. The molecule has 0 atom stereocenters. The molecule has 4 heteroatoms. The Labute approximate surface area is 120 Å². The van der Waals surface area contributed by atoms with Crippen LogP contribution in [-0.4, -0.2) is 25.2 Å².